The lowest BCUT2D eigenvalue weighted by Crippen LogP contribution is -2.36. The second-order valence-corrected chi connectivity index (χ2v) is 7.80. The third-order valence-electron chi connectivity index (χ3n) is 5.89. The molecule has 0 saturated heterocycles. The molecule has 3 aromatic heterocycles. The van der Waals surface area contributed by atoms with Gasteiger partial charge in [-0.2, -0.15) is 0 Å². The molecule has 0 amide bonds. The number of nitrogens with zero attached hydrogens (tertiary/aromatic N) is 4. The normalized spacial score (nSPS) is 18.8. The van der Waals surface area contributed by atoms with Gasteiger partial charge in [0.05, 0.1) is 41.2 Å². The van der Waals surface area contributed by atoms with Crippen LogP contribution in [0.5, 0.6) is 0 Å². The predicted octanol–water partition coefficient (Wildman–Crippen LogP) is 2.93. The predicted molar refractivity (Wildman–Crippen MR) is 111 cm³/mol. The summed E-state index contributed by atoms with van der Waals surface area (Å²) in [6.07, 6.45) is 3.89. The van der Waals surface area contributed by atoms with E-state index in [0.29, 0.717) is 47.0 Å². The van der Waals surface area contributed by atoms with Crippen molar-refractivity contribution < 1.29 is 14.2 Å². The van der Waals surface area contributed by atoms with Crippen molar-refractivity contribution in [1.29, 1.82) is 0 Å². The van der Waals surface area contributed by atoms with Gasteiger partial charge in [0.2, 0.25) is 0 Å². The van der Waals surface area contributed by atoms with Gasteiger partial charge in [0.15, 0.2) is 0 Å². The number of benzene rings is 1. The zero-order valence-electron chi connectivity index (χ0n) is 16.7. The van der Waals surface area contributed by atoms with Crippen LogP contribution < -0.4 is 5.69 Å². The fourth-order valence-electron chi connectivity index (χ4n) is 4.19. The quantitative estimate of drug-likeness (QED) is 0.562. The molecule has 154 valence electrons. The number of fused-ring (bicyclic) bond motifs is 3. The van der Waals surface area contributed by atoms with E-state index in [2.05, 4.69) is 9.97 Å². The van der Waals surface area contributed by atoms with Gasteiger partial charge in [0, 0.05) is 49.0 Å². The summed E-state index contributed by atoms with van der Waals surface area (Å²) >= 11 is 0. The number of ether oxygens (including phenoxy) is 1. The number of hydrogen-bond acceptors (Lipinski definition) is 5. The van der Waals surface area contributed by atoms with Crippen LogP contribution in [0.4, 0.5) is 4.39 Å². The highest BCUT2D eigenvalue weighted by Crippen LogP contribution is 2.36. The lowest BCUT2D eigenvalue weighted by Gasteiger charge is -2.32. The highest BCUT2D eigenvalue weighted by atomic mass is 19.1. The zero-order valence-corrected chi connectivity index (χ0v) is 16.7. The average molecular weight is 408 g/mol. The zero-order chi connectivity index (χ0) is 21.0. The molecule has 0 unspecified atom stereocenters. The van der Waals surface area contributed by atoms with Crippen LogP contribution >= 0.6 is 0 Å². The van der Waals surface area contributed by atoms with Gasteiger partial charge in [-0.05, 0) is 25.0 Å². The minimum atomic E-state index is -0.403. The summed E-state index contributed by atoms with van der Waals surface area (Å²) in [7, 11) is 3.30. The average Bonchev–Trinajstić information content (AvgIpc) is 2.97. The Hall–Kier alpha value is -3.10. The van der Waals surface area contributed by atoms with Gasteiger partial charge in [0.1, 0.15) is 5.82 Å². The molecule has 1 saturated carbocycles. The van der Waals surface area contributed by atoms with Gasteiger partial charge in [-0.1, -0.05) is 6.07 Å². The van der Waals surface area contributed by atoms with Crippen molar-refractivity contribution in [3.8, 4) is 11.1 Å². The Morgan fingerprint density at radius 3 is 2.70 bits per heavy atom. The molecule has 0 aliphatic heterocycles. The van der Waals surface area contributed by atoms with Gasteiger partial charge in [-0.3, -0.25) is 19.1 Å². The fraction of sp³-hybridized carbons (Fsp3) is 0.318. The van der Waals surface area contributed by atoms with Crippen LogP contribution in [0.25, 0.3) is 33.1 Å². The molecule has 5 rings (SSSR count). The number of aliphatic hydroxyl groups is 1. The number of aliphatic hydroxyl groups excluding tert-OH is 1. The van der Waals surface area contributed by atoms with Crippen molar-refractivity contribution >= 4 is 21.9 Å². The molecule has 7 nitrogen and oxygen atoms in total. The van der Waals surface area contributed by atoms with Crippen molar-refractivity contribution in [3.05, 3.63) is 58.7 Å². The third-order valence-corrected chi connectivity index (χ3v) is 5.89. The summed E-state index contributed by atoms with van der Waals surface area (Å²) in [5, 5.41) is 10.5. The van der Waals surface area contributed by atoms with E-state index in [1.807, 2.05) is 0 Å². The van der Waals surface area contributed by atoms with Crippen LogP contribution in [0, 0.1) is 5.82 Å². The first-order valence-electron chi connectivity index (χ1n) is 9.79. The lowest BCUT2D eigenvalue weighted by atomic mass is 9.89. The minimum absolute atomic E-state index is 0.0784. The van der Waals surface area contributed by atoms with Crippen LogP contribution in [0.2, 0.25) is 0 Å². The standard InChI is InChI=1S/C22H21FN4O3/c1-26-20-10-25-19-8-18(23)16(12-3-4-13(11-30-2)24-9-12)7-17(19)21(20)27(22(26)29)14-5-15(28)6-14/h3-4,7-10,14-15,28H,5-6,11H2,1-2H3. The van der Waals surface area contributed by atoms with E-state index in [1.165, 1.54) is 6.07 Å². The molecule has 1 aliphatic carbocycles. The molecule has 0 radical (unpaired) electrons. The number of rotatable bonds is 4. The van der Waals surface area contributed by atoms with E-state index < -0.39 is 11.9 Å². The van der Waals surface area contributed by atoms with Gasteiger partial charge in [0.25, 0.3) is 0 Å². The van der Waals surface area contributed by atoms with Crippen LogP contribution in [0.1, 0.15) is 24.6 Å². The van der Waals surface area contributed by atoms with Gasteiger partial charge in [-0.25, -0.2) is 9.18 Å². The second kappa shape index (κ2) is 7.00. The first-order chi connectivity index (χ1) is 14.5. The number of imidazole rings is 1. The number of aromatic nitrogens is 4. The molecule has 1 fully saturated rings. The molecule has 0 bridgehead atoms. The van der Waals surface area contributed by atoms with Gasteiger partial charge in [-0.15, -0.1) is 0 Å². The van der Waals surface area contributed by atoms with Crippen molar-refractivity contribution in [3.63, 3.8) is 0 Å². The lowest BCUT2D eigenvalue weighted by molar-refractivity contribution is 0.0487. The molecule has 1 aromatic carbocycles. The van der Waals surface area contributed by atoms with Crippen molar-refractivity contribution in [2.24, 2.45) is 7.05 Å². The molecular weight excluding hydrogens is 387 g/mol. The van der Waals surface area contributed by atoms with E-state index in [4.69, 9.17) is 4.74 Å². The first kappa shape index (κ1) is 18.9. The second-order valence-electron chi connectivity index (χ2n) is 7.80. The summed E-state index contributed by atoms with van der Waals surface area (Å²) in [4.78, 5) is 21.6. The Labute approximate surface area is 171 Å². The van der Waals surface area contributed by atoms with Crippen LogP contribution in [-0.2, 0) is 18.4 Å². The number of aryl methyl sites for hydroxylation is 1. The first-order valence-corrected chi connectivity index (χ1v) is 9.79. The summed E-state index contributed by atoms with van der Waals surface area (Å²) in [6, 6.07) is 6.66. The van der Waals surface area contributed by atoms with Crippen molar-refractivity contribution in [2.75, 3.05) is 7.11 Å². The molecule has 4 aromatic rings. The third kappa shape index (κ3) is 2.83. The molecule has 0 spiro atoms. The minimum Gasteiger partial charge on any atom is -0.393 e. The summed E-state index contributed by atoms with van der Waals surface area (Å²) in [6.45, 7) is 0.383. The molecule has 1 aliphatic rings. The molecule has 3 heterocycles. The van der Waals surface area contributed by atoms with Crippen molar-refractivity contribution in [1.82, 2.24) is 19.1 Å². The maximum absolute atomic E-state index is 14.9. The van der Waals surface area contributed by atoms with Gasteiger partial charge >= 0.3 is 5.69 Å². The van der Waals surface area contributed by atoms with Crippen LogP contribution in [-0.4, -0.2) is 37.4 Å². The Morgan fingerprint density at radius 2 is 2.03 bits per heavy atom. The highest BCUT2D eigenvalue weighted by molar-refractivity contribution is 6.04. The summed E-state index contributed by atoms with van der Waals surface area (Å²) in [5.74, 6) is -0.403. The number of halogens is 1. The van der Waals surface area contributed by atoms with E-state index >= 15 is 0 Å². The number of hydrogen-bond donors (Lipinski definition) is 1. The maximum atomic E-state index is 14.9. The molecule has 1 N–H and O–H groups in total. The summed E-state index contributed by atoms with van der Waals surface area (Å²) in [5.41, 5.74) is 3.50. The van der Waals surface area contributed by atoms with E-state index in [9.17, 15) is 14.3 Å². The maximum Gasteiger partial charge on any atom is 0.329 e. The smallest absolute Gasteiger partial charge is 0.329 e. The largest absolute Gasteiger partial charge is 0.393 e. The van der Waals surface area contributed by atoms with Crippen LogP contribution in [0.3, 0.4) is 0 Å². The SMILES string of the molecule is COCc1ccc(-c2cc3c(cc2F)ncc2c3n(C3CC(O)C3)c(=O)n2C)cn1. The molecular formula is C22H21FN4O3. The summed E-state index contributed by atoms with van der Waals surface area (Å²) < 4.78 is 23.3. The Morgan fingerprint density at radius 1 is 1.23 bits per heavy atom. The Balaban J connectivity index is 1.75. The number of methoxy groups -OCH3 is 1. The fourth-order valence-corrected chi connectivity index (χ4v) is 4.19. The Bertz CT molecular complexity index is 1320. The van der Waals surface area contributed by atoms with Crippen LogP contribution in [0.15, 0.2) is 41.5 Å². The van der Waals surface area contributed by atoms with E-state index in [0.717, 1.165) is 11.2 Å². The highest BCUT2D eigenvalue weighted by Gasteiger charge is 2.32. The Kier molecular flexibility index (Phi) is 4.41. The molecule has 8 heteroatoms. The molecule has 0 atom stereocenters. The molecule has 30 heavy (non-hydrogen) atoms. The monoisotopic (exact) mass is 408 g/mol. The van der Waals surface area contributed by atoms with Crippen molar-refractivity contribution in [2.45, 2.75) is 31.6 Å². The van der Waals surface area contributed by atoms with Gasteiger partial charge < -0.3 is 9.84 Å². The number of pyridine rings is 2. The van der Waals surface area contributed by atoms with E-state index in [1.54, 1.807) is 53.9 Å². The topological polar surface area (TPSA) is 82.2 Å². The van der Waals surface area contributed by atoms with E-state index in [-0.39, 0.29) is 11.7 Å².